The van der Waals surface area contributed by atoms with Gasteiger partial charge in [-0.3, -0.25) is 0 Å². The molecule has 4 unspecified atom stereocenters. The number of hydrogen-bond donors (Lipinski definition) is 0. The second-order valence-electron chi connectivity index (χ2n) is 16.9. The maximum absolute atomic E-state index is 2.58. The van der Waals surface area contributed by atoms with Crippen LogP contribution in [0.25, 0.3) is 54.6 Å². The van der Waals surface area contributed by atoms with Gasteiger partial charge >= 0.3 is 0 Å². The fraction of sp³-hybridized carbons (Fsp3) is 0.192. The molecule has 7 aromatic rings. The Morgan fingerprint density at radius 3 is 1.73 bits per heavy atom. The molecule has 0 nitrogen and oxygen atoms in total. The fourth-order valence-corrected chi connectivity index (χ4v) is 10.8. The van der Waals surface area contributed by atoms with E-state index in [1.165, 1.54) is 88.0 Å². The Hall–Kier alpha value is -5.46. The normalized spacial score (nSPS) is 23.4. The van der Waals surface area contributed by atoms with Crippen LogP contribution in [0, 0.1) is 11.8 Å². The summed E-state index contributed by atoms with van der Waals surface area (Å²) >= 11 is 0. The highest BCUT2D eigenvalue weighted by atomic mass is 14.5. The molecule has 0 bridgehead atoms. The molecule has 0 heteroatoms. The lowest BCUT2D eigenvalue weighted by Gasteiger charge is -2.32. The summed E-state index contributed by atoms with van der Waals surface area (Å²) in [5, 5.41) is 8.01. The van der Waals surface area contributed by atoms with Gasteiger partial charge in [-0.05, 0) is 111 Å². The number of hydrogen-bond acceptors (Lipinski definition) is 0. The van der Waals surface area contributed by atoms with Gasteiger partial charge in [-0.25, -0.2) is 0 Å². The Labute approximate surface area is 306 Å². The summed E-state index contributed by atoms with van der Waals surface area (Å²) in [6.07, 6.45) is 14.9. The lowest BCUT2D eigenvalue weighted by Crippen LogP contribution is -2.25. The predicted molar refractivity (Wildman–Crippen MR) is 221 cm³/mol. The Balaban J connectivity index is 0.904. The monoisotopic (exact) mass is 666 g/mol. The topological polar surface area (TPSA) is 0 Å². The quantitative estimate of drug-likeness (QED) is 0.165. The van der Waals surface area contributed by atoms with Crippen molar-refractivity contribution in [3.8, 4) is 11.1 Å². The van der Waals surface area contributed by atoms with Crippen molar-refractivity contribution < 1.29 is 0 Å². The van der Waals surface area contributed by atoms with Crippen LogP contribution in [0.4, 0.5) is 0 Å². The van der Waals surface area contributed by atoms with E-state index in [-0.39, 0.29) is 10.8 Å². The van der Waals surface area contributed by atoms with Crippen LogP contribution < -0.4 is 0 Å². The van der Waals surface area contributed by atoms with Gasteiger partial charge in [0.2, 0.25) is 0 Å². The minimum Gasteiger partial charge on any atom is -0.0758 e. The number of allylic oxidation sites excluding steroid dienone is 8. The summed E-state index contributed by atoms with van der Waals surface area (Å²) in [7, 11) is 0. The molecule has 0 saturated carbocycles. The van der Waals surface area contributed by atoms with Gasteiger partial charge in [-0.15, -0.1) is 0 Å². The minimum atomic E-state index is 0.0258. The standard InChI is InChI=1S/C52H42/c1-51(2)45-11-6-5-10-40(45)41-25-21-37(29-46(41)51)38-22-26-43-42-24-20-36(28-47(42)52(3,4)48(43)30-38)31-12-14-32(15-13-31)39-23-18-35-17-16-33-8-7-9-34-19-27-44(39)50(35)49(33)34/h5-30,41-42,46-47H,1-4H3. The summed E-state index contributed by atoms with van der Waals surface area (Å²) in [4.78, 5) is 0. The summed E-state index contributed by atoms with van der Waals surface area (Å²) in [6, 6.07) is 46.1. The van der Waals surface area contributed by atoms with E-state index >= 15 is 0 Å². The summed E-state index contributed by atoms with van der Waals surface area (Å²) in [6.45, 7) is 9.78. The lowest BCUT2D eigenvalue weighted by atomic mass is 9.72. The van der Waals surface area contributed by atoms with Crippen molar-refractivity contribution in [2.24, 2.45) is 11.8 Å². The van der Waals surface area contributed by atoms with Crippen molar-refractivity contribution in [2.45, 2.75) is 50.4 Å². The molecule has 250 valence electrons. The third kappa shape index (κ3) is 4.10. The van der Waals surface area contributed by atoms with Crippen molar-refractivity contribution in [3.63, 3.8) is 0 Å². The van der Waals surface area contributed by atoms with Crippen molar-refractivity contribution in [3.05, 3.63) is 191 Å². The second-order valence-corrected chi connectivity index (χ2v) is 16.9. The van der Waals surface area contributed by atoms with Gasteiger partial charge in [0.15, 0.2) is 0 Å². The lowest BCUT2D eigenvalue weighted by molar-refractivity contribution is 0.395. The molecular weight excluding hydrogens is 625 g/mol. The zero-order valence-corrected chi connectivity index (χ0v) is 30.3. The highest BCUT2D eigenvalue weighted by Gasteiger charge is 2.47. The maximum atomic E-state index is 2.58. The van der Waals surface area contributed by atoms with E-state index in [0.717, 1.165) is 0 Å². The maximum Gasteiger partial charge on any atom is 0.00957 e. The molecule has 7 aromatic carbocycles. The van der Waals surface area contributed by atoms with E-state index in [9.17, 15) is 0 Å². The van der Waals surface area contributed by atoms with Gasteiger partial charge in [0.05, 0.1) is 0 Å². The largest absolute Gasteiger partial charge is 0.0758 e. The van der Waals surface area contributed by atoms with Gasteiger partial charge in [-0.1, -0.05) is 185 Å². The molecular formula is C52H42. The number of rotatable bonds is 3. The van der Waals surface area contributed by atoms with Gasteiger partial charge in [0.1, 0.15) is 0 Å². The Morgan fingerprint density at radius 1 is 0.442 bits per heavy atom. The summed E-state index contributed by atoms with van der Waals surface area (Å²) < 4.78 is 0. The van der Waals surface area contributed by atoms with Crippen LogP contribution in [0.5, 0.6) is 0 Å². The van der Waals surface area contributed by atoms with Crippen molar-refractivity contribution in [1.29, 1.82) is 0 Å². The van der Waals surface area contributed by atoms with Gasteiger partial charge in [0.25, 0.3) is 0 Å². The second kappa shape index (κ2) is 10.5. The first-order valence-electron chi connectivity index (χ1n) is 19.1. The van der Waals surface area contributed by atoms with Crippen molar-refractivity contribution in [1.82, 2.24) is 0 Å². The number of benzene rings is 7. The zero-order valence-electron chi connectivity index (χ0n) is 30.3. The third-order valence-electron chi connectivity index (χ3n) is 13.6. The highest BCUT2D eigenvalue weighted by molar-refractivity contribution is 6.25. The summed E-state index contributed by atoms with van der Waals surface area (Å²) in [5.41, 5.74) is 14.0. The first-order chi connectivity index (χ1) is 25.3. The molecule has 0 aliphatic heterocycles. The smallest absolute Gasteiger partial charge is 0.00957 e. The molecule has 0 aromatic heterocycles. The SMILES string of the molecule is CC1(C)c2ccccc2C2C=CC(c3ccc4c(c3)C(C)(C)C3C=C(c5ccc(-c6ccc7ccc8cccc9ccc6c7c89)cc5)C=CC43)=CC21. The first kappa shape index (κ1) is 30.2. The van der Waals surface area contributed by atoms with E-state index in [2.05, 4.69) is 185 Å². The molecule has 0 N–H and O–H groups in total. The Bertz CT molecular complexity index is 2720. The van der Waals surface area contributed by atoms with Crippen LogP contribution in [-0.4, -0.2) is 0 Å². The molecule has 4 aliphatic carbocycles. The molecule has 0 fully saturated rings. The average Bonchev–Trinajstić information content (AvgIpc) is 3.55. The minimum absolute atomic E-state index is 0.0258. The molecule has 0 saturated heterocycles. The van der Waals surface area contributed by atoms with Gasteiger partial charge in [0, 0.05) is 11.8 Å². The highest BCUT2D eigenvalue weighted by Crippen LogP contribution is 2.57. The molecule has 4 aliphatic rings. The Morgan fingerprint density at radius 2 is 1.00 bits per heavy atom. The zero-order chi connectivity index (χ0) is 34.9. The van der Waals surface area contributed by atoms with Crippen LogP contribution in [0.15, 0.2) is 158 Å². The summed E-state index contributed by atoms with van der Waals surface area (Å²) in [5.74, 6) is 1.76. The van der Waals surface area contributed by atoms with Gasteiger partial charge in [-0.2, -0.15) is 0 Å². The van der Waals surface area contributed by atoms with Crippen LogP contribution in [0.1, 0.15) is 72.9 Å². The first-order valence-corrected chi connectivity index (χ1v) is 19.1. The van der Waals surface area contributed by atoms with Crippen LogP contribution in [0.2, 0.25) is 0 Å². The van der Waals surface area contributed by atoms with Crippen LogP contribution in [0.3, 0.4) is 0 Å². The molecule has 0 radical (unpaired) electrons. The molecule has 0 amide bonds. The van der Waals surface area contributed by atoms with Crippen molar-refractivity contribution in [2.75, 3.05) is 0 Å². The average molecular weight is 667 g/mol. The van der Waals surface area contributed by atoms with Crippen LogP contribution >= 0.6 is 0 Å². The Kier molecular flexibility index (Phi) is 6.13. The third-order valence-corrected chi connectivity index (χ3v) is 13.6. The van der Waals surface area contributed by atoms with Crippen molar-refractivity contribution >= 4 is 43.5 Å². The van der Waals surface area contributed by atoms with Gasteiger partial charge < -0.3 is 0 Å². The van der Waals surface area contributed by atoms with E-state index in [1.54, 1.807) is 0 Å². The molecule has 0 spiro atoms. The molecule has 4 atom stereocenters. The van der Waals surface area contributed by atoms with Crippen LogP contribution in [-0.2, 0) is 10.8 Å². The fourth-order valence-electron chi connectivity index (χ4n) is 10.8. The molecule has 0 heterocycles. The van der Waals surface area contributed by atoms with E-state index in [4.69, 9.17) is 0 Å². The van der Waals surface area contributed by atoms with E-state index in [1.807, 2.05) is 0 Å². The predicted octanol–water partition coefficient (Wildman–Crippen LogP) is 13.5. The van der Waals surface area contributed by atoms with E-state index in [0.29, 0.717) is 23.7 Å². The molecule has 52 heavy (non-hydrogen) atoms. The van der Waals surface area contributed by atoms with E-state index < -0.39 is 0 Å². The molecule has 11 rings (SSSR count). The number of fused-ring (bicyclic) bond motifs is 6.